The standard InChI is InChI=1S/C25H24F4N6O3/c1-13(2)38-19-10-16(26)9-14-3-5-18(31-21(14)19)23-33-32-20-6-4-15(12-34(20)23)22(25(27,28)29)35(24(36)37)17-7-8-30-11-17/h3-6,9-10,12-13,17,22,30H,7-8,11H2,1-2H3,(H,36,37)/t17?,22-/m1/s1. The highest BCUT2D eigenvalue weighted by molar-refractivity contribution is 5.86. The maximum absolute atomic E-state index is 14.4. The third kappa shape index (κ3) is 4.80. The quantitative estimate of drug-likeness (QED) is 0.343. The molecule has 4 heterocycles. The van der Waals surface area contributed by atoms with Crippen molar-refractivity contribution in [1.29, 1.82) is 0 Å². The van der Waals surface area contributed by atoms with Gasteiger partial charge in [0.15, 0.2) is 17.5 Å². The van der Waals surface area contributed by atoms with Crippen LogP contribution in [-0.2, 0) is 0 Å². The van der Waals surface area contributed by atoms with Crippen molar-refractivity contribution in [2.75, 3.05) is 13.1 Å². The number of carbonyl (C=O) groups is 1. The molecule has 200 valence electrons. The van der Waals surface area contributed by atoms with E-state index >= 15 is 0 Å². The lowest BCUT2D eigenvalue weighted by molar-refractivity contribution is -0.185. The Morgan fingerprint density at radius 1 is 1.21 bits per heavy atom. The van der Waals surface area contributed by atoms with E-state index in [4.69, 9.17) is 4.74 Å². The maximum atomic E-state index is 14.4. The number of hydrogen-bond acceptors (Lipinski definition) is 6. The van der Waals surface area contributed by atoms with Crippen molar-refractivity contribution in [2.24, 2.45) is 0 Å². The van der Waals surface area contributed by atoms with E-state index < -0.39 is 30.2 Å². The van der Waals surface area contributed by atoms with Gasteiger partial charge in [-0.05, 0) is 45.0 Å². The smallest absolute Gasteiger partial charge is 0.413 e. The molecule has 1 aromatic carbocycles. The lowest BCUT2D eigenvalue weighted by atomic mass is 10.0. The van der Waals surface area contributed by atoms with Crippen LogP contribution in [0.25, 0.3) is 28.1 Å². The van der Waals surface area contributed by atoms with Crippen LogP contribution < -0.4 is 10.1 Å². The van der Waals surface area contributed by atoms with E-state index in [1.165, 1.54) is 34.9 Å². The second-order valence-electron chi connectivity index (χ2n) is 9.33. The molecular formula is C25H24F4N6O3. The Hall–Kier alpha value is -4.00. The molecule has 1 aliphatic heterocycles. The van der Waals surface area contributed by atoms with Crippen LogP contribution in [-0.4, -0.2) is 67.1 Å². The fourth-order valence-corrected chi connectivity index (χ4v) is 4.74. The summed E-state index contributed by atoms with van der Waals surface area (Å²) in [6.07, 6.45) is -5.35. The monoisotopic (exact) mass is 532 g/mol. The van der Waals surface area contributed by atoms with Crippen LogP contribution in [0.1, 0.15) is 31.9 Å². The first kappa shape index (κ1) is 25.6. The molecule has 0 spiro atoms. The number of aromatic nitrogens is 4. The lowest BCUT2D eigenvalue weighted by Crippen LogP contribution is -2.48. The molecule has 13 heteroatoms. The van der Waals surface area contributed by atoms with Crippen LogP contribution in [0.3, 0.4) is 0 Å². The van der Waals surface area contributed by atoms with Crippen LogP contribution in [0.4, 0.5) is 22.4 Å². The van der Waals surface area contributed by atoms with E-state index in [1.807, 2.05) is 0 Å². The highest BCUT2D eigenvalue weighted by Crippen LogP contribution is 2.40. The third-order valence-electron chi connectivity index (χ3n) is 6.29. The number of nitrogens with one attached hydrogen (secondary N) is 1. The number of rotatable bonds is 6. The van der Waals surface area contributed by atoms with Crippen molar-refractivity contribution in [3.05, 3.63) is 54.0 Å². The minimum Gasteiger partial charge on any atom is -0.489 e. The highest BCUT2D eigenvalue weighted by Gasteiger charge is 2.49. The minimum atomic E-state index is -4.88. The molecule has 2 atom stereocenters. The average Bonchev–Trinajstić information content (AvgIpc) is 3.50. The summed E-state index contributed by atoms with van der Waals surface area (Å²) in [4.78, 5) is 17.0. The van der Waals surface area contributed by atoms with Crippen LogP contribution in [0.5, 0.6) is 5.75 Å². The molecule has 0 bridgehead atoms. The number of fused-ring (bicyclic) bond motifs is 2. The Morgan fingerprint density at radius 3 is 2.66 bits per heavy atom. The molecule has 1 unspecified atom stereocenters. The predicted octanol–water partition coefficient (Wildman–Crippen LogP) is 4.82. The van der Waals surface area contributed by atoms with Gasteiger partial charge in [-0.25, -0.2) is 14.2 Å². The van der Waals surface area contributed by atoms with Crippen molar-refractivity contribution < 1.29 is 32.2 Å². The first-order chi connectivity index (χ1) is 18.0. The lowest BCUT2D eigenvalue weighted by Gasteiger charge is -2.35. The van der Waals surface area contributed by atoms with Crippen molar-refractivity contribution in [1.82, 2.24) is 29.8 Å². The Labute approximate surface area is 214 Å². The fourth-order valence-electron chi connectivity index (χ4n) is 4.74. The van der Waals surface area contributed by atoms with Crippen LogP contribution >= 0.6 is 0 Å². The summed E-state index contributed by atoms with van der Waals surface area (Å²) in [6, 6.07) is 4.99. The maximum Gasteiger partial charge on any atom is 0.413 e. The predicted molar refractivity (Wildman–Crippen MR) is 129 cm³/mol. The topological polar surface area (TPSA) is 105 Å². The zero-order chi connectivity index (χ0) is 27.2. The summed E-state index contributed by atoms with van der Waals surface area (Å²) >= 11 is 0. The summed E-state index contributed by atoms with van der Waals surface area (Å²) in [7, 11) is 0. The van der Waals surface area contributed by atoms with Gasteiger partial charge in [0.05, 0.1) is 6.10 Å². The number of ether oxygens (including phenoxy) is 1. The van der Waals surface area contributed by atoms with Gasteiger partial charge in [-0.3, -0.25) is 9.30 Å². The molecular weight excluding hydrogens is 508 g/mol. The zero-order valence-corrected chi connectivity index (χ0v) is 20.4. The molecule has 2 N–H and O–H groups in total. The second kappa shape index (κ2) is 9.71. The van der Waals surface area contributed by atoms with Crippen molar-refractivity contribution in [3.63, 3.8) is 0 Å². The van der Waals surface area contributed by atoms with Gasteiger partial charge < -0.3 is 15.2 Å². The van der Waals surface area contributed by atoms with E-state index in [9.17, 15) is 27.5 Å². The molecule has 3 aromatic heterocycles. The Bertz CT molecular complexity index is 1500. The molecule has 0 aliphatic carbocycles. The fraction of sp³-hybridized carbons (Fsp3) is 0.360. The molecule has 1 saturated heterocycles. The van der Waals surface area contributed by atoms with E-state index in [-0.39, 0.29) is 47.5 Å². The molecule has 1 aliphatic rings. The number of benzene rings is 1. The molecule has 1 fully saturated rings. The number of pyridine rings is 2. The Kier molecular flexibility index (Phi) is 6.55. The van der Waals surface area contributed by atoms with Crippen LogP contribution in [0.15, 0.2) is 42.6 Å². The van der Waals surface area contributed by atoms with Gasteiger partial charge in [0, 0.05) is 35.8 Å². The van der Waals surface area contributed by atoms with Crippen molar-refractivity contribution in [3.8, 4) is 17.3 Å². The van der Waals surface area contributed by atoms with Gasteiger partial charge in [-0.15, -0.1) is 10.2 Å². The number of halogens is 4. The first-order valence-electron chi connectivity index (χ1n) is 11.9. The molecule has 38 heavy (non-hydrogen) atoms. The normalized spacial score (nSPS) is 16.9. The van der Waals surface area contributed by atoms with E-state index in [0.717, 1.165) is 0 Å². The number of carboxylic acid groups (broad SMARTS) is 1. The highest BCUT2D eigenvalue weighted by atomic mass is 19.4. The van der Waals surface area contributed by atoms with E-state index in [0.29, 0.717) is 22.3 Å². The van der Waals surface area contributed by atoms with Crippen LogP contribution in [0.2, 0.25) is 0 Å². The molecule has 9 nitrogen and oxygen atoms in total. The number of nitrogens with zero attached hydrogens (tertiary/aromatic N) is 5. The SMILES string of the molecule is CC(C)Oc1cc(F)cc2ccc(-c3nnc4ccc([C@@H](N(C(=O)O)C5CCNC5)C(F)(F)F)cn34)nc12. The van der Waals surface area contributed by atoms with Crippen LogP contribution in [0, 0.1) is 5.82 Å². The largest absolute Gasteiger partial charge is 0.489 e. The van der Waals surface area contributed by atoms with Gasteiger partial charge in [0.2, 0.25) is 0 Å². The average molecular weight is 532 g/mol. The second-order valence-corrected chi connectivity index (χ2v) is 9.33. The number of amides is 1. The Balaban J connectivity index is 1.63. The molecule has 5 rings (SSSR count). The molecule has 1 amide bonds. The first-order valence-corrected chi connectivity index (χ1v) is 11.9. The van der Waals surface area contributed by atoms with Gasteiger partial charge in [-0.2, -0.15) is 13.2 Å². The van der Waals surface area contributed by atoms with E-state index in [1.54, 1.807) is 26.0 Å². The summed E-state index contributed by atoms with van der Waals surface area (Å²) in [5.41, 5.74) is 0.575. The van der Waals surface area contributed by atoms with Gasteiger partial charge in [0.1, 0.15) is 22.8 Å². The van der Waals surface area contributed by atoms with Crippen molar-refractivity contribution in [2.45, 2.75) is 44.6 Å². The van der Waals surface area contributed by atoms with Gasteiger partial charge in [-0.1, -0.05) is 12.1 Å². The minimum absolute atomic E-state index is 0.126. The summed E-state index contributed by atoms with van der Waals surface area (Å²) in [5.74, 6) is -0.154. The third-order valence-corrected chi connectivity index (χ3v) is 6.29. The summed E-state index contributed by atoms with van der Waals surface area (Å²) < 4.78 is 64.2. The van der Waals surface area contributed by atoms with E-state index in [2.05, 4.69) is 20.5 Å². The van der Waals surface area contributed by atoms with Gasteiger partial charge in [0.25, 0.3) is 0 Å². The number of alkyl halides is 3. The Morgan fingerprint density at radius 2 is 2.00 bits per heavy atom. The van der Waals surface area contributed by atoms with Gasteiger partial charge >= 0.3 is 12.3 Å². The number of hydrogen-bond donors (Lipinski definition) is 2. The molecule has 0 saturated carbocycles. The molecule has 4 aromatic rings. The summed E-state index contributed by atoms with van der Waals surface area (Å²) in [6.45, 7) is 4.12. The van der Waals surface area contributed by atoms with Crippen molar-refractivity contribution >= 4 is 22.6 Å². The zero-order valence-electron chi connectivity index (χ0n) is 20.4. The molecule has 0 radical (unpaired) electrons. The summed E-state index contributed by atoms with van der Waals surface area (Å²) in [5, 5.41) is 21.3.